The maximum Gasteiger partial charge on any atom is 0.243 e. The first-order chi connectivity index (χ1) is 11.1. The van der Waals surface area contributed by atoms with Crippen molar-refractivity contribution < 1.29 is 9.90 Å². The third kappa shape index (κ3) is 2.78. The first kappa shape index (κ1) is 16.1. The van der Waals surface area contributed by atoms with Crippen molar-refractivity contribution in [3.8, 4) is 0 Å². The van der Waals surface area contributed by atoms with Gasteiger partial charge in [-0.3, -0.25) is 4.79 Å². The molecule has 0 saturated heterocycles. The van der Waals surface area contributed by atoms with Crippen molar-refractivity contribution in [1.82, 2.24) is 5.32 Å². The van der Waals surface area contributed by atoms with Gasteiger partial charge in [0.15, 0.2) is 0 Å². The summed E-state index contributed by atoms with van der Waals surface area (Å²) >= 11 is 0. The van der Waals surface area contributed by atoms with Crippen molar-refractivity contribution in [2.75, 3.05) is 30.4 Å². The molecule has 0 aliphatic carbocycles. The number of carbonyl (C=O) groups excluding carboxylic acids is 1. The Balaban J connectivity index is 2.09. The molecule has 2 heterocycles. The highest BCUT2D eigenvalue weighted by Gasteiger charge is 2.36. The topological polar surface area (TPSA) is 64.6 Å². The van der Waals surface area contributed by atoms with E-state index in [1.54, 1.807) is 0 Å². The fourth-order valence-corrected chi connectivity index (χ4v) is 3.98. The summed E-state index contributed by atoms with van der Waals surface area (Å²) in [5.41, 5.74) is 3.59. The molecule has 126 valence electrons. The average Bonchev–Trinajstić information content (AvgIpc) is 2.97. The van der Waals surface area contributed by atoms with Gasteiger partial charge in [0.1, 0.15) is 6.04 Å². The van der Waals surface area contributed by atoms with Crippen molar-refractivity contribution in [2.45, 2.75) is 44.7 Å². The SMILES string of the molecule is CC[C@@H](C)[C@H]1C(=O)N[C@H](CO)CC2CNc3cccc(c32)N1C. The second kappa shape index (κ2) is 6.40. The molecule has 23 heavy (non-hydrogen) atoms. The Morgan fingerprint density at radius 1 is 1.43 bits per heavy atom. The van der Waals surface area contributed by atoms with Gasteiger partial charge < -0.3 is 20.6 Å². The van der Waals surface area contributed by atoms with Gasteiger partial charge in [-0.05, 0) is 24.5 Å². The minimum atomic E-state index is -0.222. The first-order valence-electron chi connectivity index (χ1n) is 8.57. The molecule has 0 spiro atoms. The molecular weight excluding hydrogens is 290 g/mol. The molecule has 0 fully saturated rings. The lowest BCUT2D eigenvalue weighted by Gasteiger charge is -2.34. The van der Waals surface area contributed by atoms with Gasteiger partial charge in [0.05, 0.1) is 12.6 Å². The van der Waals surface area contributed by atoms with E-state index in [0.717, 1.165) is 30.8 Å². The summed E-state index contributed by atoms with van der Waals surface area (Å²) in [6.45, 7) is 5.07. The van der Waals surface area contributed by atoms with Gasteiger partial charge in [-0.1, -0.05) is 26.3 Å². The fourth-order valence-electron chi connectivity index (χ4n) is 3.98. The van der Waals surface area contributed by atoms with E-state index in [0.29, 0.717) is 5.92 Å². The number of amides is 1. The van der Waals surface area contributed by atoms with Crippen LogP contribution in [0.3, 0.4) is 0 Å². The van der Waals surface area contributed by atoms with Crippen molar-refractivity contribution in [3.05, 3.63) is 23.8 Å². The second-order valence-corrected chi connectivity index (χ2v) is 6.88. The van der Waals surface area contributed by atoms with E-state index in [1.807, 2.05) is 13.1 Å². The molecule has 0 saturated carbocycles. The summed E-state index contributed by atoms with van der Waals surface area (Å²) < 4.78 is 0. The van der Waals surface area contributed by atoms with Crippen LogP contribution in [0.5, 0.6) is 0 Å². The highest BCUT2D eigenvalue weighted by Crippen LogP contribution is 2.42. The first-order valence-corrected chi connectivity index (χ1v) is 8.57. The number of anilines is 2. The number of nitrogens with zero attached hydrogens (tertiary/aromatic N) is 1. The highest BCUT2D eigenvalue weighted by molar-refractivity contribution is 5.87. The van der Waals surface area contributed by atoms with E-state index in [4.69, 9.17) is 0 Å². The molecule has 0 aromatic heterocycles. The zero-order valence-electron chi connectivity index (χ0n) is 14.2. The largest absolute Gasteiger partial charge is 0.394 e. The molecule has 2 aliphatic rings. The molecular formula is C18H27N3O2. The van der Waals surface area contributed by atoms with Crippen LogP contribution in [-0.4, -0.2) is 43.3 Å². The van der Waals surface area contributed by atoms with Crippen LogP contribution in [0.4, 0.5) is 11.4 Å². The maximum absolute atomic E-state index is 12.8. The number of rotatable bonds is 3. The van der Waals surface area contributed by atoms with Crippen LogP contribution in [-0.2, 0) is 4.79 Å². The number of hydrogen-bond donors (Lipinski definition) is 3. The minimum Gasteiger partial charge on any atom is -0.394 e. The number of likely N-dealkylation sites (N-methyl/N-ethyl adjacent to an activating group) is 1. The third-order valence-corrected chi connectivity index (χ3v) is 5.41. The Labute approximate surface area is 138 Å². The number of nitrogens with one attached hydrogen (secondary N) is 2. The van der Waals surface area contributed by atoms with Gasteiger partial charge >= 0.3 is 0 Å². The zero-order valence-corrected chi connectivity index (χ0v) is 14.2. The maximum atomic E-state index is 12.8. The lowest BCUT2D eigenvalue weighted by atomic mass is 9.92. The lowest BCUT2D eigenvalue weighted by molar-refractivity contribution is -0.124. The molecule has 0 bridgehead atoms. The molecule has 1 amide bonds. The van der Waals surface area contributed by atoms with Crippen molar-refractivity contribution in [1.29, 1.82) is 0 Å². The van der Waals surface area contributed by atoms with Crippen LogP contribution in [0.2, 0.25) is 0 Å². The van der Waals surface area contributed by atoms with Crippen LogP contribution >= 0.6 is 0 Å². The predicted octanol–water partition coefficient (Wildman–Crippen LogP) is 1.93. The molecule has 5 nitrogen and oxygen atoms in total. The van der Waals surface area contributed by atoms with Gasteiger partial charge in [0, 0.05) is 36.4 Å². The average molecular weight is 317 g/mol. The number of aliphatic hydroxyl groups excluding tert-OH is 1. The number of aliphatic hydroxyl groups is 1. The van der Waals surface area contributed by atoms with E-state index >= 15 is 0 Å². The Bertz CT molecular complexity index is 590. The molecule has 5 heteroatoms. The Morgan fingerprint density at radius 2 is 2.22 bits per heavy atom. The van der Waals surface area contributed by atoms with E-state index in [9.17, 15) is 9.90 Å². The highest BCUT2D eigenvalue weighted by atomic mass is 16.3. The second-order valence-electron chi connectivity index (χ2n) is 6.88. The summed E-state index contributed by atoms with van der Waals surface area (Å²) in [6, 6.07) is 5.85. The van der Waals surface area contributed by atoms with Crippen LogP contribution in [0.15, 0.2) is 18.2 Å². The quantitative estimate of drug-likeness (QED) is 0.797. The van der Waals surface area contributed by atoms with E-state index in [2.05, 4.69) is 41.5 Å². The van der Waals surface area contributed by atoms with Gasteiger partial charge in [-0.25, -0.2) is 0 Å². The summed E-state index contributed by atoms with van der Waals surface area (Å²) in [6.07, 6.45) is 1.70. The third-order valence-electron chi connectivity index (χ3n) is 5.41. The van der Waals surface area contributed by atoms with Gasteiger partial charge in [-0.15, -0.1) is 0 Å². The van der Waals surface area contributed by atoms with Gasteiger partial charge in [-0.2, -0.15) is 0 Å². The molecule has 1 unspecified atom stereocenters. The van der Waals surface area contributed by atoms with E-state index in [-0.39, 0.29) is 30.5 Å². The lowest BCUT2D eigenvalue weighted by Crippen LogP contribution is -2.52. The van der Waals surface area contributed by atoms with Crippen molar-refractivity contribution in [2.24, 2.45) is 5.92 Å². The van der Waals surface area contributed by atoms with Crippen LogP contribution in [0.1, 0.15) is 38.2 Å². The fraction of sp³-hybridized carbons (Fsp3) is 0.611. The van der Waals surface area contributed by atoms with Crippen molar-refractivity contribution in [3.63, 3.8) is 0 Å². The number of hydrogen-bond acceptors (Lipinski definition) is 4. The summed E-state index contributed by atoms with van der Waals surface area (Å²) in [5.74, 6) is 0.573. The minimum absolute atomic E-state index is 0.0172. The molecule has 1 aromatic carbocycles. The summed E-state index contributed by atoms with van der Waals surface area (Å²) in [4.78, 5) is 15.0. The zero-order chi connectivity index (χ0) is 16.6. The number of benzene rings is 1. The smallest absolute Gasteiger partial charge is 0.243 e. The van der Waals surface area contributed by atoms with Crippen LogP contribution < -0.4 is 15.5 Å². The normalized spacial score (nSPS) is 28.1. The molecule has 0 radical (unpaired) electrons. The van der Waals surface area contributed by atoms with Crippen molar-refractivity contribution >= 4 is 17.3 Å². The monoisotopic (exact) mass is 317 g/mol. The van der Waals surface area contributed by atoms with Crippen LogP contribution in [0.25, 0.3) is 0 Å². The molecule has 3 rings (SSSR count). The number of carbonyl (C=O) groups is 1. The standard InChI is InChI=1S/C18H27N3O2/c1-4-11(2)17-18(23)20-13(10-22)8-12-9-19-14-6-5-7-15(16(12)14)21(17)3/h5-7,11-13,17,19,22H,4,8-10H2,1-3H3,(H,20,23)/t11-,12?,13+,17+/m1/s1. The molecule has 1 aromatic rings. The Kier molecular flexibility index (Phi) is 4.48. The van der Waals surface area contributed by atoms with Crippen LogP contribution in [0, 0.1) is 5.92 Å². The summed E-state index contributed by atoms with van der Waals surface area (Å²) in [5, 5.41) is 16.2. The Morgan fingerprint density at radius 3 is 2.91 bits per heavy atom. The molecule has 3 N–H and O–H groups in total. The van der Waals surface area contributed by atoms with E-state index < -0.39 is 0 Å². The van der Waals surface area contributed by atoms with E-state index in [1.165, 1.54) is 5.56 Å². The molecule has 2 aliphatic heterocycles. The van der Waals surface area contributed by atoms with Gasteiger partial charge in [0.25, 0.3) is 0 Å². The van der Waals surface area contributed by atoms with Gasteiger partial charge in [0.2, 0.25) is 5.91 Å². The summed E-state index contributed by atoms with van der Waals surface area (Å²) in [7, 11) is 2.01. The molecule has 4 atom stereocenters. The predicted molar refractivity (Wildman–Crippen MR) is 93.0 cm³/mol. The Hall–Kier alpha value is -1.75.